The molecule has 0 aromatic carbocycles. The van der Waals surface area contributed by atoms with Crippen LogP contribution in [0.25, 0.3) is 0 Å². The predicted molar refractivity (Wildman–Crippen MR) is 79.2 cm³/mol. The molecular formula is C13H15N3O2S2. The molecule has 2 aromatic heterocycles. The maximum absolute atomic E-state index is 12.1. The van der Waals surface area contributed by atoms with Crippen molar-refractivity contribution in [2.75, 3.05) is 4.72 Å². The summed E-state index contributed by atoms with van der Waals surface area (Å²) in [5, 5.41) is 6.96. The van der Waals surface area contributed by atoms with Gasteiger partial charge in [-0.05, 0) is 35.9 Å². The Morgan fingerprint density at radius 2 is 2.15 bits per heavy atom. The van der Waals surface area contributed by atoms with E-state index in [1.165, 1.54) is 24.2 Å². The lowest BCUT2D eigenvalue weighted by molar-refractivity contribution is 0.597. The van der Waals surface area contributed by atoms with Gasteiger partial charge >= 0.3 is 0 Å². The highest BCUT2D eigenvalue weighted by molar-refractivity contribution is 7.92. The van der Waals surface area contributed by atoms with Crippen molar-refractivity contribution in [2.24, 2.45) is 0 Å². The van der Waals surface area contributed by atoms with Gasteiger partial charge in [-0.15, -0.1) is 0 Å². The molecule has 0 aliphatic heterocycles. The van der Waals surface area contributed by atoms with Crippen LogP contribution in [0.4, 0.5) is 5.69 Å². The molecule has 1 fully saturated rings. The second kappa shape index (κ2) is 5.51. The van der Waals surface area contributed by atoms with E-state index < -0.39 is 10.0 Å². The minimum Gasteiger partial charge on any atom is -0.310 e. The largest absolute Gasteiger partial charge is 0.310 e. The van der Waals surface area contributed by atoms with Crippen LogP contribution in [0.1, 0.15) is 18.4 Å². The Labute approximate surface area is 122 Å². The summed E-state index contributed by atoms with van der Waals surface area (Å²) in [5.41, 5.74) is 1.56. The third-order valence-electron chi connectivity index (χ3n) is 3.02. The highest BCUT2D eigenvalue weighted by Gasteiger charge is 2.20. The van der Waals surface area contributed by atoms with Gasteiger partial charge in [-0.1, -0.05) is 6.07 Å². The van der Waals surface area contributed by atoms with E-state index in [1.54, 1.807) is 29.8 Å². The van der Waals surface area contributed by atoms with E-state index >= 15 is 0 Å². The number of anilines is 1. The fourth-order valence-corrected chi connectivity index (χ4v) is 3.40. The molecule has 0 bridgehead atoms. The van der Waals surface area contributed by atoms with Crippen molar-refractivity contribution in [3.05, 3.63) is 40.7 Å². The Bertz CT molecular complexity index is 662. The number of sulfonamides is 1. The van der Waals surface area contributed by atoms with Gasteiger partial charge in [-0.2, -0.15) is 19.8 Å². The van der Waals surface area contributed by atoms with Crippen LogP contribution < -0.4 is 10.0 Å². The zero-order valence-electron chi connectivity index (χ0n) is 10.7. The summed E-state index contributed by atoms with van der Waals surface area (Å²) in [5.74, 6) is 0. The summed E-state index contributed by atoms with van der Waals surface area (Å²) < 4.78 is 26.7. The summed E-state index contributed by atoms with van der Waals surface area (Å²) in [6.45, 7) is 0.732. The Kier molecular flexibility index (Phi) is 3.73. The van der Waals surface area contributed by atoms with Crippen LogP contribution in [-0.4, -0.2) is 19.4 Å². The molecule has 7 heteroatoms. The first-order valence-corrected chi connectivity index (χ1v) is 8.79. The lowest BCUT2D eigenvalue weighted by Crippen LogP contribution is -2.17. The van der Waals surface area contributed by atoms with Crippen LogP contribution in [0.3, 0.4) is 0 Å². The molecule has 1 aliphatic carbocycles. The SMILES string of the molecule is O=S(=O)(Nc1ccsc1)c1ccc(CNC2CC2)cn1. The van der Waals surface area contributed by atoms with Crippen LogP contribution >= 0.6 is 11.3 Å². The highest BCUT2D eigenvalue weighted by Crippen LogP contribution is 2.20. The van der Waals surface area contributed by atoms with Gasteiger partial charge in [-0.3, -0.25) is 4.72 Å². The minimum absolute atomic E-state index is 0.0406. The molecule has 0 unspecified atom stereocenters. The van der Waals surface area contributed by atoms with Crippen LogP contribution in [0.5, 0.6) is 0 Å². The summed E-state index contributed by atoms with van der Waals surface area (Å²) >= 11 is 1.44. The van der Waals surface area contributed by atoms with Crippen LogP contribution in [-0.2, 0) is 16.6 Å². The number of hydrogen-bond acceptors (Lipinski definition) is 5. The van der Waals surface area contributed by atoms with Gasteiger partial charge in [0.05, 0.1) is 5.69 Å². The summed E-state index contributed by atoms with van der Waals surface area (Å²) in [7, 11) is -3.59. The van der Waals surface area contributed by atoms with Crippen molar-refractivity contribution in [2.45, 2.75) is 30.5 Å². The second-order valence-electron chi connectivity index (χ2n) is 4.78. The van der Waals surface area contributed by atoms with E-state index in [0.29, 0.717) is 11.7 Å². The minimum atomic E-state index is -3.59. The lowest BCUT2D eigenvalue weighted by atomic mass is 10.3. The Morgan fingerprint density at radius 1 is 1.30 bits per heavy atom. The first-order valence-electron chi connectivity index (χ1n) is 6.37. The quantitative estimate of drug-likeness (QED) is 0.858. The molecule has 1 aliphatic rings. The molecule has 0 amide bonds. The Balaban J connectivity index is 1.69. The molecule has 106 valence electrons. The monoisotopic (exact) mass is 309 g/mol. The molecule has 2 aromatic rings. The summed E-state index contributed by atoms with van der Waals surface area (Å²) in [4.78, 5) is 4.04. The zero-order chi connectivity index (χ0) is 14.0. The van der Waals surface area contributed by atoms with Crippen LogP contribution in [0, 0.1) is 0 Å². The van der Waals surface area contributed by atoms with Gasteiger partial charge in [-0.25, -0.2) is 4.98 Å². The average molecular weight is 309 g/mol. The Morgan fingerprint density at radius 3 is 2.75 bits per heavy atom. The summed E-state index contributed by atoms with van der Waals surface area (Å²) in [6.07, 6.45) is 4.06. The molecule has 0 atom stereocenters. The number of nitrogens with zero attached hydrogens (tertiary/aromatic N) is 1. The number of pyridine rings is 1. The molecule has 5 nitrogen and oxygen atoms in total. The number of aromatic nitrogens is 1. The topological polar surface area (TPSA) is 71.1 Å². The van der Waals surface area contributed by atoms with Crippen molar-refractivity contribution in [1.29, 1.82) is 0 Å². The van der Waals surface area contributed by atoms with Gasteiger partial charge in [0.2, 0.25) is 0 Å². The Hall–Kier alpha value is -1.44. The van der Waals surface area contributed by atoms with E-state index in [0.717, 1.165) is 12.1 Å². The molecule has 1 saturated carbocycles. The van der Waals surface area contributed by atoms with E-state index in [9.17, 15) is 8.42 Å². The van der Waals surface area contributed by atoms with Gasteiger partial charge in [0.1, 0.15) is 0 Å². The smallest absolute Gasteiger partial charge is 0.279 e. The zero-order valence-corrected chi connectivity index (χ0v) is 12.4. The van der Waals surface area contributed by atoms with Crippen LogP contribution in [0.2, 0.25) is 0 Å². The van der Waals surface area contributed by atoms with E-state index in [-0.39, 0.29) is 5.03 Å². The van der Waals surface area contributed by atoms with Gasteiger partial charge in [0.25, 0.3) is 10.0 Å². The third-order valence-corrected chi connectivity index (χ3v) is 5.00. The molecule has 2 heterocycles. The van der Waals surface area contributed by atoms with Gasteiger partial charge in [0.15, 0.2) is 5.03 Å². The van der Waals surface area contributed by atoms with Crippen molar-refractivity contribution in [1.82, 2.24) is 10.3 Å². The first kappa shape index (κ1) is 13.5. The van der Waals surface area contributed by atoms with Crippen molar-refractivity contribution < 1.29 is 8.42 Å². The average Bonchev–Trinajstić information content (AvgIpc) is 3.14. The standard InChI is InChI=1S/C13H15N3O2S2/c17-20(18,16-12-5-6-19-9-12)13-4-1-10(8-15-13)7-14-11-2-3-11/h1,4-6,8-9,11,14,16H,2-3,7H2. The molecule has 0 saturated heterocycles. The van der Waals surface area contributed by atoms with Crippen molar-refractivity contribution >= 4 is 27.0 Å². The highest BCUT2D eigenvalue weighted by atomic mass is 32.2. The predicted octanol–water partition coefficient (Wildman–Crippen LogP) is 2.20. The maximum atomic E-state index is 12.1. The second-order valence-corrected chi connectivity index (χ2v) is 7.19. The summed E-state index contributed by atoms with van der Waals surface area (Å²) in [6, 6.07) is 5.68. The number of nitrogens with one attached hydrogen (secondary N) is 2. The van der Waals surface area contributed by atoms with Crippen LogP contribution in [0.15, 0.2) is 40.2 Å². The fraction of sp³-hybridized carbons (Fsp3) is 0.308. The van der Waals surface area contributed by atoms with Gasteiger partial charge < -0.3 is 5.32 Å². The van der Waals surface area contributed by atoms with Gasteiger partial charge in [0, 0.05) is 24.2 Å². The first-order chi connectivity index (χ1) is 9.63. The molecule has 0 radical (unpaired) electrons. The molecule has 0 spiro atoms. The molecular weight excluding hydrogens is 294 g/mol. The van der Waals surface area contributed by atoms with E-state index in [4.69, 9.17) is 0 Å². The number of rotatable bonds is 6. The number of hydrogen-bond donors (Lipinski definition) is 2. The van der Waals surface area contributed by atoms with E-state index in [2.05, 4.69) is 15.0 Å². The van der Waals surface area contributed by atoms with Crippen molar-refractivity contribution in [3.8, 4) is 0 Å². The molecule has 20 heavy (non-hydrogen) atoms. The lowest BCUT2D eigenvalue weighted by Gasteiger charge is -2.07. The normalized spacial score (nSPS) is 15.2. The number of thiophene rings is 1. The maximum Gasteiger partial charge on any atom is 0.279 e. The van der Waals surface area contributed by atoms with E-state index in [1.807, 2.05) is 5.38 Å². The molecule has 2 N–H and O–H groups in total. The fourth-order valence-electron chi connectivity index (χ4n) is 1.75. The molecule has 3 rings (SSSR count). The van der Waals surface area contributed by atoms with Crippen molar-refractivity contribution in [3.63, 3.8) is 0 Å². The third kappa shape index (κ3) is 3.36.